The van der Waals surface area contributed by atoms with E-state index in [2.05, 4.69) is 10.6 Å². The number of hydrogen-bond donors (Lipinski definition) is 3. The summed E-state index contributed by atoms with van der Waals surface area (Å²) in [6.07, 6.45) is 0.905. The zero-order valence-electron chi connectivity index (χ0n) is 15.5. The molecule has 0 fully saturated rings. The van der Waals surface area contributed by atoms with E-state index < -0.39 is 17.5 Å². The minimum atomic E-state index is -0.615. The van der Waals surface area contributed by atoms with Crippen molar-refractivity contribution in [2.24, 2.45) is 5.73 Å². The van der Waals surface area contributed by atoms with E-state index in [4.69, 9.17) is 10.5 Å². The molecule has 144 valence electrons. The zero-order chi connectivity index (χ0) is 20.0. The van der Waals surface area contributed by atoms with Gasteiger partial charge < -0.3 is 21.1 Å². The van der Waals surface area contributed by atoms with Crippen LogP contribution in [0.15, 0.2) is 48.7 Å². The van der Waals surface area contributed by atoms with Crippen LogP contribution in [0.3, 0.4) is 0 Å². The van der Waals surface area contributed by atoms with E-state index in [1.54, 1.807) is 39.0 Å². The quantitative estimate of drug-likeness (QED) is 0.726. The van der Waals surface area contributed by atoms with Crippen molar-refractivity contribution in [1.82, 2.24) is 5.32 Å². The lowest BCUT2D eigenvalue weighted by Gasteiger charge is -2.19. The van der Waals surface area contributed by atoms with Crippen LogP contribution >= 0.6 is 0 Å². The van der Waals surface area contributed by atoms with E-state index in [0.717, 1.165) is 0 Å². The van der Waals surface area contributed by atoms with Gasteiger partial charge in [-0.25, -0.2) is 13.6 Å². The van der Waals surface area contributed by atoms with Gasteiger partial charge in [-0.2, -0.15) is 0 Å². The van der Waals surface area contributed by atoms with Crippen molar-refractivity contribution >= 4 is 17.5 Å². The maximum Gasteiger partial charge on any atom is 0.407 e. The number of ether oxygens (including phenoxy) is 1. The lowest BCUT2D eigenvalue weighted by atomic mass is 10.1. The molecule has 0 heterocycles. The van der Waals surface area contributed by atoms with Crippen LogP contribution in [0.1, 0.15) is 31.9 Å². The highest BCUT2D eigenvalue weighted by atomic mass is 19.1. The standard InChI is InChI=1S/C20H23F2N3O2/c1-20(2,3)27-19(26)25-11-13-8-14(10-16(22)9-13)18(23)12-24-17-6-4-15(21)5-7-17/h4-10,12,24H,11,23H2,1-3H3,(H,25,26)/b18-12-. The molecule has 0 radical (unpaired) electrons. The lowest BCUT2D eigenvalue weighted by Crippen LogP contribution is -2.32. The molecule has 0 aliphatic heterocycles. The number of halogens is 2. The maximum atomic E-state index is 13.9. The Morgan fingerprint density at radius 2 is 1.78 bits per heavy atom. The number of nitrogens with one attached hydrogen (secondary N) is 2. The summed E-state index contributed by atoms with van der Waals surface area (Å²) in [4.78, 5) is 11.7. The molecular formula is C20H23F2N3O2. The summed E-state index contributed by atoms with van der Waals surface area (Å²) in [6.45, 7) is 5.36. The Balaban J connectivity index is 2.05. The van der Waals surface area contributed by atoms with Crippen LogP contribution in [-0.4, -0.2) is 11.7 Å². The van der Waals surface area contributed by atoms with E-state index in [0.29, 0.717) is 16.8 Å². The molecule has 0 aliphatic rings. The van der Waals surface area contributed by atoms with Crippen molar-refractivity contribution in [2.75, 3.05) is 5.32 Å². The van der Waals surface area contributed by atoms with Crippen molar-refractivity contribution in [3.8, 4) is 0 Å². The summed E-state index contributed by atoms with van der Waals surface area (Å²) in [6, 6.07) is 10.0. The van der Waals surface area contributed by atoms with Gasteiger partial charge >= 0.3 is 6.09 Å². The third kappa shape index (κ3) is 6.97. The summed E-state index contributed by atoms with van der Waals surface area (Å²) >= 11 is 0. The van der Waals surface area contributed by atoms with E-state index >= 15 is 0 Å². The molecule has 0 unspecified atom stereocenters. The van der Waals surface area contributed by atoms with Gasteiger partial charge in [-0.05, 0) is 68.8 Å². The van der Waals surface area contributed by atoms with Crippen LogP contribution in [0.2, 0.25) is 0 Å². The third-order valence-electron chi connectivity index (χ3n) is 3.37. The highest BCUT2D eigenvalue weighted by molar-refractivity contribution is 5.68. The average Bonchev–Trinajstić information content (AvgIpc) is 2.57. The Hall–Kier alpha value is -3.09. The first-order valence-electron chi connectivity index (χ1n) is 8.37. The first-order chi connectivity index (χ1) is 12.6. The molecule has 0 atom stereocenters. The van der Waals surface area contributed by atoms with Gasteiger partial charge in [-0.3, -0.25) is 0 Å². The van der Waals surface area contributed by atoms with Crippen molar-refractivity contribution in [3.63, 3.8) is 0 Å². The van der Waals surface area contributed by atoms with Crippen molar-refractivity contribution < 1.29 is 18.3 Å². The fourth-order valence-electron chi connectivity index (χ4n) is 2.20. The molecular weight excluding hydrogens is 352 g/mol. The minimum absolute atomic E-state index is 0.0956. The van der Waals surface area contributed by atoms with Gasteiger partial charge in [0.05, 0.1) is 5.70 Å². The second-order valence-corrected chi connectivity index (χ2v) is 6.95. The van der Waals surface area contributed by atoms with E-state index in [-0.39, 0.29) is 18.1 Å². The van der Waals surface area contributed by atoms with Crippen LogP contribution in [0, 0.1) is 11.6 Å². The van der Waals surface area contributed by atoms with Gasteiger partial charge in [0.15, 0.2) is 0 Å². The summed E-state index contributed by atoms with van der Waals surface area (Å²) in [7, 11) is 0. The molecule has 5 nitrogen and oxygen atoms in total. The van der Waals surface area contributed by atoms with Gasteiger partial charge in [-0.1, -0.05) is 0 Å². The van der Waals surface area contributed by atoms with E-state index in [1.165, 1.54) is 30.5 Å². The maximum absolute atomic E-state index is 13.9. The van der Waals surface area contributed by atoms with E-state index in [9.17, 15) is 13.6 Å². The molecule has 27 heavy (non-hydrogen) atoms. The molecule has 0 saturated carbocycles. The van der Waals surface area contributed by atoms with Crippen LogP contribution < -0.4 is 16.4 Å². The number of carbonyl (C=O) groups excluding carboxylic acids is 1. The SMILES string of the molecule is CC(C)(C)OC(=O)NCc1cc(F)cc(/C(N)=C/Nc2ccc(F)cc2)c1. The first kappa shape index (κ1) is 20.2. The predicted octanol–water partition coefficient (Wildman–Crippen LogP) is 4.36. The largest absolute Gasteiger partial charge is 0.444 e. The van der Waals surface area contributed by atoms with Crippen LogP contribution in [0.5, 0.6) is 0 Å². The predicted molar refractivity (Wildman–Crippen MR) is 102 cm³/mol. The fraction of sp³-hybridized carbons (Fsp3) is 0.250. The summed E-state index contributed by atoms with van der Waals surface area (Å²) in [5.41, 5.74) is 7.30. The molecule has 2 aromatic rings. The Kier molecular flexibility index (Phi) is 6.39. The normalized spacial score (nSPS) is 11.8. The second-order valence-electron chi connectivity index (χ2n) is 6.95. The number of alkyl carbamates (subject to hydrolysis) is 1. The smallest absolute Gasteiger partial charge is 0.407 e. The number of nitrogens with two attached hydrogens (primary N) is 1. The molecule has 4 N–H and O–H groups in total. The molecule has 2 aromatic carbocycles. The number of anilines is 1. The number of benzene rings is 2. The Morgan fingerprint density at radius 1 is 1.11 bits per heavy atom. The zero-order valence-corrected chi connectivity index (χ0v) is 15.5. The number of carbonyl (C=O) groups is 1. The van der Waals surface area contributed by atoms with Crippen molar-refractivity contribution in [2.45, 2.75) is 32.9 Å². The highest BCUT2D eigenvalue weighted by Crippen LogP contribution is 2.16. The number of hydrogen-bond acceptors (Lipinski definition) is 4. The van der Waals surface area contributed by atoms with Crippen LogP contribution in [-0.2, 0) is 11.3 Å². The van der Waals surface area contributed by atoms with Gasteiger partial charge in [-0.15, -0.1) is 0 Å². The van der Waals surface area contributed by atoms with Gasteiger partial charge in [0.1, 0.15) is 17.2 Å². The number of rotatable bonds is 5. The molecule has 0 spiro atoms. The lowest BCUT2D eigenvalue weighted by molar-refractivity contribution is 0.0523. The summed E-state index contributed by atoms with van der Waals surface area (Å²) in [5, 5.41) is 5.49. The van der Waals surface area contributed by atoms with E-state index in [1.807, 2.05) is 0 Å². The third-order valence-corrected chi connectivity index (χ3v) is 3.37. The van der Waals surface area contributed by atoms with Crippen LogP contribution in [0.4, 0.5) is 19.3 Å². The molecule has 1 amide bonds. The summed E-state index contributed by atoms with van der Waals surface area (Å²) < 4.78 is 32.0. The molecule has 7 heteroatoms. The minimum Gasteiger partial charge on any atom is -0.444 e. The fourth-order valence-corrected chi connectivity index (χ4v) is 2.20. The van der Waals surface area contributed by atoms with Gasteiger partial charge in [0.25, 0.3) is 0 Å². The first-order valence-corrected chi connectivity index (χ1v) is 8.37. The Morgan fingerprint density at radius 3 is 2.41 bits per heavy atom. The monoisotopic (exact) mass is 375 g/mol. The molecule has 0 saturated heterocycles. The Bertz CT molecular complexity index is 828. The van der Waals surface area contributed by atoms with Gasteiger partial charge in [0, 0.05) is 24.0 Å². The summed E-state index contributed by atoms with van der Waals surface area (Å²) in [5.74, 6) is -0.823. The number of amides is 1. The van der Waals surface area contributed by atoms with Gasteiger partial charge in [0.2, 0.25) is 0 Å². The van der Waals surface area contributed by atoms with Crippen molar-refractivity contribution in [3.05, 3.63) is 71.4 Å². The van der Waals surface area contributed by atoms with Crippen molar-refractivity contribution in [1.29, 1.82) is 0 Å². The molecule has 0 bridgehead atoms. The molecule has 0 aromatic heterocycles. The average molecular weight is 375 g/mol. The Labute approximate surface area is 157 Å². The van der Waals surface area contributed by atoms with Crippen LogP contribution in [0.25, 0.3) is 5.70 Å². The second kappa shape index (κ2) is 8.53. The molecule has 2 rings (SSSR count). The highest BCUT2D eigenvalue weighted by Gasteiger charge is 2.16. The topological polar surface area (TPSA) is 76.4 Å². The molecule has 0 aliphatic carbocycles.